The monoisotopic (exact) mass is 284 g/mol. The van der Waals surface area contributed by atoms with E-state index in [1.54, 1.807) is 0 Å². The third-order valence-electron chi connectivity index (χ3n) is 3.82. The minimum Gasteiger partial charge on any atom is -0.299 e. The molecule has 2 atom stereocenters. The molecule has 0 heterocycles. The maximum Gasteiger partial charge on any atom is 0.416 e. The molecule has 0 amide bonds. The molecule has 0 aliphatic heterocycles. The summed E-state index contributed by atoms with van der Waals surface area (Å²) in [5, 5.41) is 0. The van der Waals surface area contributed by atoms with Gasteiger partial charge < -0.3 is 0 Å². The molecule has 0 spiro atoms. The highest BCUT2D eigenvalue weighted by Crippen LogP contribution is 2.37. The number of halogens is 3. The van der Waals surface area contributed by atoms with Crippen molar-refractivity contribution in [1.29, 1.82) is 0 Å². The normalized spacial score (nSPS) is 24.0. The van der Waals surface area contributed by atoms with Gasteiger partial charge in [0.2, 0.25) is 0 Å². The molecule has 1 saturated carbocycles. The number of hydrogen-bond acceptors (Lipinski definition) is 2. The van der Waals surface area contributed by atoms with Crippen LogP contribution in [0.25, 0.3) is 0 Å². The molecule has 20 heavy (non-hydrogen) atoms. The molecule has 5 heteroatoms. The van der Waals surface area contributed by atoms with E-state index in [-0.39, 0.29) is 36.2 Å². The molecule has 0 bridgehead atoms. The van der Waals surface area contributed by atoms with Crippen molar-refractivity contribution in [2.45, 2.75) is 38.3 Å². The Hall–Kier alpha value is -1.65. The average molecular weight is 284 g/mol. The standard InChI is InChI=1S/C15H15F3O2/c1-2-12-13(7-11(19)8-14(12)20)9-3-5-10(6-4-9)15(16,17)18/h3-6,12-13H,2,7-8H2,1H3. The van der Waals surface area contributed by atoms with Gasteiger partial charge in [-0.3, -0.25) is 9.59 Å². The van der Waals surface area contributed by atoms with E-state index in [9.17, 15) is 22.8 Å². The van der Waals surface area contributed by atoms with Gasteiger partial charge in [-0.05, 0) is 24.1 Å². The van der Waals surface area contributed by atoms with Crippen LogP contribution in [0.15, 0.2) is 24.3 Å². The highest BCUT2D eigenvalue weighted by atomic mass is 19.4. The molecule has 1 aliphatic rings. The van der Waals surface area contributed by atoms with Crippen LogP contribution >= 0.6 is 0 Å². The Morgan fingerprint density at radius 1 is 1.15 bits per heavy atom. The van der Waals surface area contributed by atoms with Crippen LogP contribution in [0, 0.1) is 5.92 Å². The van der Waals surface area contributed by atoms with Crippen molar-refractivity contribution in [3.8, 4) is 0 Å². The largest absolute Gasteiger partial charge is 0.416 e. The first kappa shape index (κ1) is 14.8. The molecule has 0 saturated heterocycles. The van der Waals surface area contributed by atoms with Crippen LogP contribution in [0.5, 0.6) is 0 Å². The smallest absolute Gasteiger partial charge is 0.299 e. The fraction of sp³-hybridized carbons (Fsp3) is 0.467. The average Bonchev–Trinajstić information content (AvgIpc) is 2.37. The second-order valence-electron chi connectivity index (χ2n) is 5.13. The summed E-state index contributed by atoms with van der Waals surface area (Å²) in [4.78, 5) is 23.4. The van der Waals surface area contributed by atoms with E-state index in [0.717, 1.165) is 12.1 Å². The molecular formula is C15H15F3O2. The summed E-state index contributed by atoms with van der Waals surface area (Å²) in [6, 6.07) is 4.77. The van der Waals surface area contributed by atoms with Gasteiger partial charge in [-0.15, -0.1) is 0 Å². The van der Waals surface area contributed by atoms with Crippen LogP contribution in [-0.4, -0.2) is 11.6 Å². The third-order valence-corrected chi connectivity index (χ3v) is 3.82. The fourth-order valence-electron chi connectivity index (χ4n) is 2.79. The first-order valence-corrected chi connectivity index (χ1v) is 6.54. The molecule has 1 aliphatic carbocycles. The summed E-state index contributed by atoms with van der Waals surface area (Å²) < 4.78 is 37.6. The highest BCUT2D eigenvalue weighted by Gasteiger charge is 2.36. The molecular weight excluding hydrogens is 269 g/mol. The van der Waals surface area contributed by atoms with Gasteiger partial charge in [-0.2, -0.15) is 13.2 Å². The molecule has 2 nitrogen and oxygen atoms in total. The Morgan fingerprint density at radius 3 is 2.25 bits per heavy atom. The Balaban J connectivity index is 2.29. The van der Waals surface area contributed by atoms with Crippen LogP contribution in [0.3, 0.4) is 0 Å². The summed E-state index contributed by atoms with van der Waals surface area (Å²) in [5.41, 5.74) is -0.0889. The molecule has 2 unspecified atom stereocenters. The predicted molar refractivity (Wildman–Crippen MR) is 67.2 cm³/mol. The van der Waals surface area contributed by atoms with Crippen LogP contribution in [-0.2, 0) is 15.8 Å². The second-order valence-corrected chi connectivity index (χ2v) is 5.13. The fourth-order valence-corrected chi connectivity index (χ4v) is 2.79. The summed E-state index contributed by atoms with van der Waals surface area (Å²) in [5.74, 6) is -0.807. The number of carbonyl (C=O) groups is 2. The van der Waals surface area contributed by atoms with E-state index in [2.05, 4.69) is 0 Å². The van der Waals surface area contributed by atoms with Crippen LogP contribution in [0.1, 0.15) is 43.2 Å². The van der Waals surface area contributed by atoms with Gasteiger partial charge in [0, 0.05) is 18.3 Å². The lowest BCUT2D eigenvalue weighted by Gasteiger charge is -2.29. The molecule has 0 aromatic heterocycles. The van der Waals surface area contributed by atoms with Crippen LogP contribution in [0.2, 0.25) is 0 Å². The quantitative estimate of drug-likeness (QED) is 0.775. The summed E-state index contributed by atoms with van der Waals surface area (Å²) in [6.45, 7) is 1.86. The van der Waals surface area contributed by atoms with Gasteiger partial charge in [0.1, 0.15) is 11.6 Å². The first-order chi connectivity index (χ1) is 9.32. The van der Waals surface area contributed by atoms with Gasteiger partial charge in [0.15, 0.2) is 0 Å². The Morgan fingerprint density at radius 2 is 1.75 bits per heavy atom. The van der Waals surface area contributed by atoms with Crippen molar-refractivity contribution >= 4 is 11.6 Å². The van der Waals surface area contributed by atoms with Crippen LogP contribution in [0.4, 0.5) is 13.2 Å². The van der Waals surface area contributed by atoms with Gasteiger partial charge in [0.25, 0.3) is 0 Å². The summed E-state index contributed by atoms with van der Waals surface area (Å²) in [7, 11) is 0. The van der Waals surface area contributed by atoms with E-state index in [1.165, 1.54) is 12.1 Å². The minimum absolute atomic E-state index is 0.0460. The van der Waals surface area contributed by atoms with E-state index in [0.29, 0.717) is 12.0 Å². The maximum atomic E-state index is 12.5. The van der Waals surface area contributed by atoms with Gasteiger partial charge >= 0.3 is 6.18 Å². The first-order valence-electron chi connectivity index (χ1n) is 6.54. The number of benzene rings is 1. The molecule has 1 aromatic rings. The van der Waals surface area contributed by atoms with Gasteiger partial charge in [-0.25, -0.2) is 0 Å². The molecule has 0 radical (unpaired) electrons. The lowest BCUT2D eigenvalue weighted by molar-refractivity contribution is -0.138. The second kappa shape index (κ2) is 5.38. The van der Waals surface area contributed by atoms with Crippen LogP contribution < -0.4 is 0 Å². The SMILES string of the molecule is CCC1C(=O)CC(=O)CC1c1ccc(C(F)(F)F)cc1. The zero-order chi connectivity index (χ0) is 14.9. The number of hydrogen-bond donors (Lipinski definition) is 0. The van der Waals surface area contributed by atoms with Crippen molar-refractivity contribution < 1.29 is 22.8 Å². The van der Waals surface area contributed by atoms with E-state index in [4.69, 9.17) is 0 Å². The van der Waals surface area contributed by atoms with Crippen molar-refractivity contribution in [2.24, 2.45) is 5.92 Å². The number of rotatable bonds is 2. The van der Waals surface area contributed by atoms with Crippen molar-refractivity contribution in [2.75, 3.05) is 0 Å². The van der Waals surface area contributed by atoms with Crippen molar-refractivity contribution in [3.63, 3.8) is 0 Å². The zero-order valence-electron chi connectivity index (χ0n) is 11.0. The van der Waals surface area contributed by atoms with E-state index >= 15 is 0 Å². The summed E-state index contributed by atoms with van der Waals surface area (Å²) >= 11 is 0. The number of ketones is 2. The summed E-state index contributed by atoms with van der Waals surface area (Å²) in [6.07, 6.45) is -3.59. The topological polar surface area (TPSA) is 34.1 Å². The van der Waals surface area contributed by atoms with Crippen molar-refractivity contribution in [1.82, 2.24) is 0 Å². The van der Waals surface area contributed by atoms with Gasteiger partial charge in [-0.1, -0.05) is 19.1 Å². The number of Topliss-reactive ketones (excluding diaryl/α,β-unsaturated/α-hetero) is 2. The maximum absolute atomic E-state index is 12.5. The van der Waals surface area contributed by atoms with Crippen molar-refractivity contribution in [3.05, 3.63) is 35.4 Å². The molecule has 108 valence electrons. The lowest BCUT2D eigenvalue weighted by Crippen LogP contribution is -2.31. The van der Waals surface area contributed by atoms with E-state index in [1.807, 2.05) is 6.92 Å². The molecule has 0 N–H and O–H groups in total. The highest BCUT2D eigenvalue weighted by molar-refractivity contribution is 6.03. The third kappa shape index (κ3) is 2.92. The Kier molecular flexibility index (Phi) is 3.97. The number of alkyl halides is 3. The minimum atomic E-state index is -4.37. The Bertz CT molecular complexity index is 517. The molecule has 2 rings (SSSR count). The molecule has 1 aromatic carbocycles. The predicted octanol–water partition coefficient (Wildman–Crippen LogP) is 3.75. The zero-order valence-corrected chi connectivity index (χ0v) is 11.0. The molecule has 1 fully saturated rings. The van der Waals surface area contributed by atoms with Gasteiger partial charge in [0.05, 0.1) is 12.0 Å². The Labute approximate surface area is 115 Å². The lowest BCUT2D eigenvalue weighted by atomic mass is 9.73. The number of carbonyl (C=O) groups excluding carboxylic acids is 2. The van der Waals surface area contributed by atoms with E-state index < -0.39 is 11.7 Å².